The van der Waals surface area contributed by atoms with Crippen LogP contribution in [0.3, 0.4) is 0 Å². The van der Waals surface area contributed by atoms with Gasteiger partial charge in [-0.1, -0.05) is 19.8 Å². The molecule has 43 heavy (non-hydrogen) atoms. The number of phenolic OH excluding ortho intramolecular Hbond substituents is 1. The molecule has 0 radical (unpaired) electrons. The molecule has 13 nitrogen and oxygen atoms in total. The Morgan fingerprint density at radius 1 is 1.14 bits per heavy atom. The van der Waals surface area contributed by atoms with Crippen LogP contribution in [-0.2, 0) is 27.3 Å². The van der Waals surface area contributed by atoms with Gasteiger partial charge in [0.25, 0.3) is 5.91 Å². The van der Waals surface area contributed by atoms with Crippen molar-refractivity contribution in [3.63, 3.8) is 0 Å². The number of rotatable bonds is 9. The zero-order chi connectivity index (χ0) is 32.0. The number of hydrogen-bond acceptors (Lipinski definition) is 11. The molecule has 0 aromatic heterocycles. The molecule has 7 N–H and O–H groups in total. The number of amides is 2. The average Bonchev–Trinajstić information content (AvgIpc) is 2.92. The fourth-order valence-corrected chi connectivity index (χ4v) is 6.62. The molecule has 3 aliphatic rings. The quantitative estimate of drug-likeness (QED) is 0.177. The minimum absolute atomic E-state index is 0.00737. The third-order valence-electron chi connectivity index (χ3n) is 8.66. The molecule has 2 amide bonds. The summed E-state index contributed by atoms with van der Waals surface area (Å²) in [4.78, 5) is 55.2. The van der Waals surface area contributed by atoms with Crippen LogP contribution in [0.25, 0.3) is 0 Å². The van der Waals surface area contributed by atoms with Gasteiger partial charge in [0.2, 0.25) is 5.78 Å². The van der Waals surface area contributed by atoms with Crippen molar-refractivity contribution in [1.29, 1.82) is 0 Å². The molecule has 0 fully saturated rings. The topological polar surface area (TPSA) is 203 Å². The van der Waals surface area contributed by atoms with Crippen molar-refractivity contribution in [2.45, 2.75) is 57.2 Å². The third-order valence-corrected chi connectivity index (χ3v) is 8.66. The molecule has 0 saturated carbocycles. The Hall–Kier alpha value is -4.10. The molecule has 4 atom stereocenters. The van der Waals surface area contributed by atoms with Crippen molar-refractivity contribution in [2.75, 3.05) is 39.7 Å². The van der Waals surface area contributed by atoms with Gasteiger partial charge in [-0.15, -0.1) is 0 Å². The summed E-state index contributed by atoms with van der Waals surface area (Å²) in [5.74, 6) is -7.14. The van der Waals surface area contributed by atoms with E-state index in [4.69, 9.17) is 10.5 Å². The van der Waals surface area contributed by atoms with Crippen LogP contribution in [0.1, 0.15) is 54.1 Å². The summed E-state index contributed by atoms with van der Waals surface area (Å²) in [5.41, 5.74) is 2.74. The maximum absolute atomic E-state index is 14.1. The van der Waals surface area contributed by atoms with Crippen molar-refractivity contribution >= 4 is 29.3 Å². The zero-order valence-electron chi connectivity index (χ0n) is 25.1. The first kappa shape index (κ1) is 31.8. The number of nitrogens with two attached hydrogens (primary N) is 1. The highest BCUT2D eigenvalue weighted by molar-refractivity contribution is 6.25. The number of phenols is 1. The van der Waals surface area contributed by atoms with Crippen LogP contribution in [0.2, 0.25) is 0 Å². The number of Topliss-reactive ketones (excluding diaryl/α,β-unsaturated/α-hetero) is 2. The van der Waals surface area contributed by atoms with Gasteiger partial charge in [0.1, 0.15) is 22.8 Å². The minimum atomic E-state index is -2.72. The van der Waals surface area contributed by atoms with Crippen molar-refractivity contribution in [3.05, 3.63) is 45.4 Å². The first-order valence-corrected chi connectivity index (χ1v) is 14.3. The zero-order valence-corrected chi connectivity index (χ0v) is 25.1. The van der Waals surface area contributed by atoms with Crippen molar-refractivity contribution in [1.82, 2.24) is 10.2 Å². The Morgan fingerprint density at radius 2 is 1.81 bits per heavy atom. The minimum Gasteiger partial charge on any atom is -0.510 e. The lowest BCUT2D eigenvalue weighted by Crippen LogP contribution is -2.63. The number of ketones is 2. The number of likely N-dealkylation sites (N-methyl/N-ethyl adjacent to an activating group) is 1. The number of nitrogens with zero attached hydrogens (tertiary/aromatic N) is 2. The number of carbonyl (C=O) groups is 4. The maximum Gasteiger partial charge on any atom is 0.407 e. The second-order valence-corrected chi connectivity index (χ2v) is 11.8. The first-order valence-electron chi connectivity index (χ1n) is 14.3. The largest absolute Gasteiger partial charge is 0.510 e. The van der Waals surface area contributed by atoms with Gasteiger partial charge < -0.3 is 41.1 Å². The molecule has 0 heterocycles. The standard InChI is InChI=1S/C30H40N4O9/c1-6-7-8-9-43-29(41)32-13-15-12-18(33(2)3)16-10-14-11-17-22(34(4)5)25(37)21(28(31)40)27(39)30(17,42)26(38)19(14)24(36)20(16)23(15)35/h12,14,17,22,35,37-38,42H,6-11,13H2,1-5H3,(H2,31,40)(H,32,41)/t14-,17-,22-,30-/m1/s1. The van der Waals surface area contributed by atoms with E-state index in [1.807, 2.05) is 6.92 Å². The average molecular weight is 601 g/mol. The number of aliphatic hydroxyl groups is 3. The summed E-state index contributed by atoms with van der Waals surface area (Å²) in [6.45, 7) is 2.11. The van der Waals surface area contributed by atoms with Crippen molar-refractivity contribution < 1.29 is 44.3 Å². The number of anilines is 1. The number of fused-ring (bicyclic) bond motifs is 3. The lowest BCUT2D eigenvalue weighted by Gasteiger charge is -2.50. The van der Waals surface area contributed by atoms with Crippen LogP contribution in [0.4, 0.5) is 10.5 Å². The van der Waals surface area contributed by atoms with Crippen LogP contribution in [-0.4, -0.2) is 95.3 Å². The van der Waals surface area contributed by atoms with Gasteiger partial charge in [0.15, 0.2) is 11.4 Å². The van der Waals surface area contributed by atoms with Crippen molar-refractivity contribution in [2.24, 2.45) is 17.6 Å². The predicted molar refractivity (Wildman–Crippen MR) is 156 cm³/mol. The number of primary amides is 1. The summed E-state index contributed by atoms with van der Waals surface area (Å²) in [6.07, 6.45) is 2.06. The van der Waals surface area contributed by atoms with Crippen LogP contribution >= 0.6 is 0 Å². The predicted octanol–water partition coefficient (Wildman–Crippen LogP) is 1.60. The highest BCUT2D eigenvalue weighted by atomic mass is 16.5. The van der Waals surface area contributed by atoms with E-state index in [-0.39, 0.29) is 42.7 Å². The summed E-state index contributed by atoms with van der Waals surface area (Å²) >= 11 is 0. The normalized spacial score (nSPS) is 24.9. The molecule has 0 spiro atoms. The van der Waals surface area contributed by atoms with Gasteiger partial charge in [0.05, 0.1) is 18.2 Å². The molecule has 13 heteroatoms. The number of aliphatic hydroxyl groups excluding tert-OH is 2. The number of carbonyl (C=O) groups excluding carboxylic acids is 4. The maximum atomic E-state index is 14.1. The number of benzene rings is 1. The molecule has 4 rings (SSSR count). The molecule has 1 aromatic carbocycles. The van der Waals surface area contributed by atoms with E-state index in [1.165, 1.54) is 4.90 Å². The van der Waals surface area contributed by atoms with Crippen molar-refractivity contribution in [3.8, 4) is 5.75 Å². The Balaban J connectivity index is 1.79. The molecule has 0 bridgehead atoms. The Bertz CT molecular complexity index is 1430. The van der Waals surface area contributed by atoms with E-state index >= 15 is 0 Å². The Morgan fingerprint density at radius 3 is 2.40 bits per heavy atom. The summed E-state index contributed by atoms with van der Waals surface area (Å²) < 4.78 is 5.16. The summed E-state index contributed by atoms with van der Waals surface area (Å²) in [6, 6.07) is 0.592. The van der Waals surface area contributed by atoms with E-state index in [1.54, 1.807) is 39.2 Å². The highest BCUT2D eigenvalue weighted by Gasteiger charge is 2.63. The molecule has 0 saturated heterocycles. The van der Waals surface area contributed by atoms with E-state index in [0.29, 0.717) is 17.7 Å². The number of nitrogens with one attached hydrogen (secondary N) is 1. The summed E-state index contributed by atoms with van der Waals surface area (Å²) in [7, 11) is 6.67. The Labute approximate surface area is 249 Å². The Kier molecular flexibility index (Phi) is 8.80. The van der Waals surface area contributed by atoms with Gasteiger partial charge in [0, 0.05) is 43.4 Å². The van der Waals surface area contributed by atoms with Gasteiger partial charge in [-0.05, 0) is 50.9 Å². The number of ether oxygens (including phenoxy) is 1. The van der Waals surface area contributed by atoms with Crippen LogP contribution in [0, 0.1) is 11.8 Å². The number of aromatic hydroxyl groups is 1. The van der Waals surface area contributed by atoms with Gasteiger partial charge in [-0.3, -0.25) is 19.3 Å². The summed E-state index contributed by atoms with van der Waals surface area (Å²) in [5, 5.41) is 48.0. The lowest BCUT2D eigenvalue weighted by atomic mass is 9.58. The van der Waals surface area contributed by atoms with Crippen LogP contribution < -0.4 is 16.0 Å². The molecule has 3 aliphatic carbocycles. The highest BCUT2D eigenvalue weighted by Crippen LogP contribution is 2.53. The second kappa shape index (κ2) is 11.9. The smallest absolute Gasteiger partial charge is 0.407 e. The second-order valence-electron chi connectivity index (χ2n) is 11.8. The first-order chi connectivity index (χ1) is 20.2. The van der Waals surface area contributed by atoms with E-state index in [2.05, 4.69) is 5.32 Å². The molecule has 1 aromatic rings. The van der Waals surface area contributed by atoms with E-state index in [9.17, 15) is 39.6 Å². The fourth-order valence-electron chi connectivity index (χ4n) is 6.62. The molecular weight excluding hydrogens is 560 g/mol. The molecule has 0 aliphatic heterocycles. The fraction of sp³-hybridized carbons (Fsp3) is 0.533. The number of hydrogen-bond donors (Lipinski definition) is 6. The van der Waals surface area contributed by atoms with Gasteiger partial charge >= 0.3 is 6.09 Å². The van der Waals surface area contributed by atoms with Crippen LogP contribution in [0.5, 0.6) is 5.75 Å². The third kappa shape index (κ3) is 5.20. The van der Waals surface area contributed by atoms with E-state index < -0.39 is 69.9 Å². The molecule has 234 valence electrons. The van der Waals surface area contributed by atoms with Crippen LogP contribution in [0.15, 0.2) is 28.7 Å². The van der Waals surface area contributed by atoms with E-state index in [0.717, 1.165) is 12.8 Å². The number of alkyl carbamates (subject to hydrolysis) is 1. The SMILES string of the molecule is CCCCCOC(=O)NCc1cc(N(C)C)c2c(c1O)C(=O)C1=C(O)[C@@]3(O)C(=O)C(C(N)=O)=C(O)[C@H](N(C)C)[C@H]3C[C@H]1C2. The number of allylic oxidation sites excluding steroid dienone is 1. The van der Waals surface area contributed by atoms with Gasteiger partial charge in [-0.25, -0.2) is 4.79 Å². The monoisotopic (exact) mass is 600 g/mol. The van der Waals surface area contributed by atoms with Gasteiger partial charge in [-0.2, -0.15) is 0 Å². The lowest BCUT2D eigenvalue weighted by molar-refractivity contribution is -0.148. The molecular formula is C30H40N4O9. The number of unbranched alkanes of at least 4 members (excludes halogenated alkanes) is 2. The molecule has 0 unspecified atom stereocenters.